The zero-order chi connectivity index (χ0) is 18.9. The molecule has 2 N–H and O–H groups in total. The van der Waals surface area contributed by atoms with Crippen molar-refractivity contribution in [1.29, 1.82) is 0 Å². The zero-order valence-electron chi connectivity index (χ0n) is 14.2. The van der Waals surface area contributed by atoms with E-state index < -0.39 is 36.8 Å². The Hall–Kier alpha value is -3.22. The molecular weight excluding hydrogens is 339 g/mol. The second-order valence-electron chi connectivity index (χ2n) is 5.52. The molecule has 1 unspecified atom stereocenters. The third-order valence-electron chi connectivity index (χ3n) is 3.55. The molecule has 2 aromatic rings. The summed E-state index contributed by atoms with van der Waals surface area (Å²) in [5, 5.41) is 4.94. The molecule has 0 spiro atoms. The predicted molar refractivity (Wildman–Crippen MR) is 92.7 cm³/mol. The number of carbonyl (C=O) groups is 3. The number of halogens is 1. The molecule has 2 amide bonds. The minimum absolute atomic E-state index is 0.172. The van der Waals surface area contributed by atoms with Crippen molar-refractivity contribution in [2.24, 2.45) is 0 Å². The third kappa shape index (κ3) is 5.70. The summed E-state index contributed by atoms with van der Waals surface area (Å²) in [6.07, 6.45) is 0. The Morgan fingerprint density at radius 2 is 1.69 bits per heavy atom. The van der Waals surface area contributed by atoms with Crippen LogP contribution in [0.15, 0.2) is 54.6 Å². The van der Waals surface area contributed by atoms with Gasteiger partial charge in [0.1, 0.15) is 12.4 Å². The molecule has 0 aliphatic rings. The van der Waals surface area contributed by atoms with Crippen LogP contribution < -0.4 is 10.6 Å². The van der Waals surface area contributed by atoms with Crippen molar-refractivity contribution in [2.45, 2.75) is 13.0 Å². The lowest BCUT2D eigenvalue weighted by molar-refractivity contribution is -0.147. The lowest BCUT2D eigenvalue weighted by Gasteiger charge is -2.14. The van der Waals surface area contributed by atoms with Crippen LogP contribution in [-0.2, 0) is 14.3 Å². The van der Waals surface area contributed by atoms with Gasteiger partial charge in [-0.2, -0.15) is 0 Å². The monoisotopic (exact) mass is 358 g/mol. The fraction of sp³-hybridized carbons (Fsp3) is 0.211. The Labute approximate surface area is 150 Å². The molecule has 26 heavy (non-hydrogen) atoms. The van der Waals surface area contributed by atoms with Gasteiger partial charge in [-0.1, -0.05) is 42.5 Å². The molecule has 0 radical (unpaired) electrons. The summed E-state index contributed by atoms with van der Waals surface area (Å²) in [7, 11) is 0. The quantitative estimate of drug-likeness (QED) is 0.741. The summed E-state index contributed by atoms with van der Waals surface area (Å²) in [5.74, 6) is -2.68. The van der Waals surface area contributed by atoms with E-state index in [9.17, 15) is 18.8 Å². The number of ether oxygens (including phenoxy) is 1. The number of rotatable bonds is 7. The maximum absolute atomic E-state index is 13.4. The van der Waals surface area contributed by atoms with Gasteiger partial charge in [0.25, 0.3) is 11.8 Å². The van der Waals surface area contributed by atoms with E-state index >= 15 is 0 Å². The second kappa shape index (κ2) is 9.31. The van der Waals surface area contributed by atoms with Crippen LogP contribution in [-0.4, -0.2) is 30.9 Å². The summed E-state index contributed by atoms with van der Waals surface area (Å²) < 4.78 is 18.2. The Morgan fingerprint density at radius 3 is 2.38 bits per heavy atom. The van der Waals surface area contributed by atoms with Gasteiger partial charge in [-0.3, -0.25) is 14.4 Å². The Bertz CT molecular complexity index is 780. The molecular formula is C19H19FN2O4. The van der Waals surface area contributed by atoms with Crippen molar-refractivity contribution in [3.8, 4) is 0 Å². The highest BCUT2D eigenvalue weighted by Crippen LogP contribution is 2.10. The van der Waals surface area contributed by atoms with Gasteiger partial charge in [-0.15, -0.1) is 0 Å². The molecule has 0 fully saturated rings. The van der Waals surface area contributed by atoms with Crippen molar-refractivity contribution in [3.05, 3.63) is 71.5 Å². The number of hydrogen-bond donors (Lipinski definition) is 2. The number of esters is 1. The molecule has 6 nitrogen and oxygen atoms in total. The van der Waals surface area contributed by atoms with Crippen LogP contribution >= 0.6 is 0 Å². The van der Waals surface area contributed by atoms with Gasteiger partial charge in [-0.05, 0) is 24.6 Å². The van der Waals surface area contributed by atoms with E-state index in [0.717, 1.165) is 11.6 Å². The molecule has 2 aromatic carbocycles. The fourth-order valence-corrected chi connectivity index (χ4v) is 2.20. The lowest BCUT2D eigenvalue weighted by Crippen LogP contribution is -2.35. The van der Waals surface area contributed by atoms with Gasteiger partial charge >= 0.3 is 5.97 Å². The molecule has 2 rings (SSSR count). The topological polar surface area (TPSA) is 84.5 Å². The number of benzene rings is 2. The average Bonchev–Trinajstić information content (AvgIpc) is 2.65. The highest BCUT2D eigenvalue weighted by molar-refractivity contribution is 5.96. The van der Waals surface area contributed by atoms with E-state index in [0.29, 0.717) is 0 Å². The first kappa shape index (κ1) is 19.1. The fourth-order valence-electron chi connectivity index (χ4n) is 2.20. The van der Waals surface area contributed by atoms with E-state index in [1.165, 1.54) is 18.2 Å². The molecule has 0 aliphatic heterocycles. The van der Waals surface area contributed by atoms with Crippen molar-refractivity contribution >= 4 is 17.8 Å². The minimum Gasteiger partial charge on any atom is -0.454 e. The van der Waals surface area contributed by atoms with Crippen LogP contribution in [0.1, 0.15) is 28.9 Å². The van der Waals surface area contributed by atoms with Crippen molar-refractivity contribution < 1.29 is 23.5 Å². The summed E-state index contributed by atoms with van der Waals surface area (Å²) in [6, 6.07) is 14.5. The summed E-state index contributed by atoms with van der Waals surface area (Å²) in [4.78, 5) is 35.2. The van der Waals surface area contributed by atoms with E-state index in [4.69, 9.17) is 4.74 Å². The van der Waals surface area contributed by atoms with E-state index in [1.807, 2.05) is 37.3 Å². The van der Waals surface area contributed by atoms with E-state index in [1.54, 1.807) is 0 Å². The van der Waals surface area contributed by atoms with Gasteiger partial charge in [-0.25, -0.2) is 4.39 Å². The van der Waals surface area contributed by atoms with E-state index in [2.05, 4.69) is 10.6 Å². The predicted octanol–water partition coefficient (Wildman–Crippen LogP) is 1.98. The Balaban J connectivity index is 1.72. The molecule has 0 aliphatic carbocycles. The van der Waals surface area contributed by atoms with Crippen molar-refractivity contribution in [2.75, 3.05) is 13.2 Å². The largest absolute Gasteiger partial charge is 0.454 e. The van der Waals surface area contributed by atoms with Crippen LogP contribution in [0.25, 0.3) is 0 Å². The SMILES string of the molecule is CC(NC(=O)COC(=O)CNC(=O)c1ccccc1F)c1ccccc1. The number of carbonyl (C=O) groups excluding carboxylic acids is 3. The first-order valence-corrected chi connectivity index (χ1v) is 8.00. The lowest BCUT2D eigenvalue weighted by atomic mass is 10.1. The van der Waals surface area contributed by atoms with Crippen LogP contribution in [0.3, 0.4) is 0 Å². The molecule has 7 heteroatoms. The molecule has 0 bridgehead atoms. The average molecular weight is 358 g/mol. The Morgan fingerprint density at radius 1 is 1.04 bits per heavy atom. The minimum atomic E-state index is -0.794. The molecule has 1 atom stereocenters. The van der Waals surface area contributed by atoms with Crippen LogP contribution in [0.5, 0.6) is 0 Å². The van der Waals surface area contributed by atoms with Crippen LogP contribution in [0, 0.1) is 5.82 Å². The molecule has 136 valence electrons. The highest BCUT2D eigenvalue weighted by atomic mass is 19.1. The van der Waals surface area contributed by atoms with Gasteiger partial charge in [0.05, 0.1) is 11.6 Å². The smallest absolute Gasteiger partial charge is 0.325 e. The summed E-state index contributed by atoms with van der Waals surface area (Å²) >= 11 is 0. The van der Waals surface area contributed by atoms with Gasteiger partial charge in [0.15, 0.2) is 6.61 Å². The second-order valence-corrected chi connectivity index (χ2v) is 5.52. The van der Waals surface area contributed by atoms with Gasteiger partial charge < -0.3 is 15.4 Å². The maximum atomic E-state index is 13.4. The highest BCUT2D eigenvalue weighted by Gasteiger charge is 2.14. The first-order chi connectivity index (χ1) is 12.5. The third-order valence-corrected chi connectivity index (χ3v) is 3.55. The standard InChI is InChI=1S/C19H19FN2O4/c1-13(14-7-3-2-4-8-14)22-17(23)12-26-18(24)11-21-19(25)15-9-5-6-10-16(15)20/h2-10,13H,11-12H2,1H3,(H,21,25)(H,22,23). The van der Waals surface area contributed by atoms with Crippen molar-refractivity contribution in [3.63, 3.8) is 0 Å². The van der Waals surface area contributed by atoms with Gasteiger partial charge in [0, 0.05) is 0 Å². The molecule has 0 heterocycles. The zero-order valence-corrected chi connectivity index (χ0v) is 14.2. The van der Waals surface area contributed by atoms with Crippen molar-refractivity contribution in [1.82, 2.24) is 10.6 Å². The number of amides is 2. The molecule has 0 aromatic heterocycles. The summed E-state index contributed by atoms with van der Waals surface area (Å²) in [5.41, 5.74) is 0.749. The Kier molecular flexibility index (Phi) is 6.84. The van der Waals surface area contributed by atoms with Gasteiger partial charge in [0.2, 0.25) is 0 Å². The first-order valence-electron chi connectivity index (χ1n) is 8.00. The maximum Gasteiger partial charge on any atom is 0.325 e. The number of hydrogen-bond acceptors (Lipinski definition) is 4. The molecule has 0 saturated heterocycles. The number of nitrogens with one attached hydrogen (secondary N) is 2. The molecule has 0 saturated carbocycles. The normalized spacial score (nSPS) is 11.3. The summed E-state index contributed by atoms with van der Waals surface area (Å²) in [6.45, 7) is 0.879. The van der Waals surface area contributed by atoms with E-state index in [-0.39, 0.29) is 11.6 Å². The van der Waals surface area contributed by atoms with Crippen LogP contribution in [0.2, 0.25) is 0 Å². The van der Waals surface area contributed by atoms with Crippen LogP contribution in [0.4, 0.5) is 4.39 Å².